The van der Waals surface area contributed by atoms with Gasteiger partial charge in [-0.2, -0.15) is 13.2 Å². The van der Waals surface area contributed by atoms with E-state index in [1.54, 1.807) is 0 Å². The van der Waals surface area contributed by atoms with E-state index in [0.29, 0.717) is 0 Å². The summed E-state index contributed by atoms with van der Waals surface area (Å²) in [6.45, 7) is 2.61. The minimum absolute atomic E-state index is 0.319. The lowest BCUT2D eigenvalue weighted by atomic mass is 9.95. The second-order valence-corrected chi connectivity index (χ2v) is 5.30. The van der Waals surface area contributed by atoms with Crippen molar-refractivity contribution in [3.8, 4) is 0 Å². The molecule has 0 aromatic rings. The van der Waals surface area contributed by atoms with E-state index < -0.39 is 24.6 Å². The normalized spacial score (nSPS) is 15.4. The maximum atomic E-state index is 12.6. The van der Waals surface area contributed by atoms with Crippen LogP contribution in [0, 0.1) is 0 Å². The van der Waals surface area contributed by atoms with Crippen LogP contribution in [-0.2, 0) is 4.57 Å². The van der Waals surface area contributed by atoms with E-state index in [2.05, 4.69) is 4.99 Å². The van der Waals surface area contributed by atoms with Crippen LogP contribution in [0.2, 0.25) is 0 Å². The summed E-state index contributed by atoms with van der Waals surface area (Å²) in [5.74, 6) is 0. The standard InChI is InChI=1S/C8H15F3NO3P/c1-4-7(5-2,16(13,14)15)6(12-3)8(9,10)11/h4-5H2,1-3H3,(H2,13,14,15). The molecule has 0 aromatic heterocycles. The van der Waals surface area contributed by atoms with Gasteiger partial charge in [0.25, 0.3) is 0 Å². The minimum Gasteiger partial charge on any atom is -0.324 e. The van der Waals surface area contributed by atoms with Crippen LogP contribution in [0.4, 0.5) is 13.2 Å². The zero-order valence-corrected chi connectivity index (χ0v) is 10.1. The first-order valence-electron chi connectivity index (χ1n) is 4.67. The summed E-state index contributed by atoms with van der Waals surface area (Å²) in [6.07, 6.45) is -5.47. The average molecular weight is 261 g/mol. The molecule has 0 unspecified atom stereocenters. The molecular formula is C8H15F3NO3P. The van der Waals surface area contributed by atoms with Crippen molar-refractivity contribution < 1.29 is 27.5 Å². The van der Waals surface area contributed by atoms with Gasteiger partial charge in [0.2, 0.25) is 0 Å². The maximum Gasteiger partial charge on any atom is 0.430 e. The maximum absolute atomic E-state index is 12.6. The number of rotatable bonds is 4. The highest BCUT2D eigenvalue weighted by atomic mass is 31.2. The Morgan fingerprint density at radius 3 is 1.69 bits per heavy atom. The van der Waals surface area contributed by atoms with E-state index in [-0.39, 0.29) is 12.8 Å². The molecule has 8 heteroatoms. The topological polar surface area (TPSA) is 69.9 Å². The number of hydrogen-bond donors (Lipinski definition) is 2. The van der Waals surface area contributed by atoms with E-state index in [9.17, 15) is 17.7 Å². The molecule has 0 aromatic carbocycles. The molecule has 0 aliphatic carbocycles. The summed E-state index contributed by atoms with van der Waals surface area (Å²) in [7, 11) is -4.04. The lowest BCUT2D eigenvalue weighted by molar-refractivity contribution is -0.0629. The van der Waals surface area contributed by atoms with Gasteiger partial charge in [-0.25, -0.2) is 0 Å². The monoisotopic (exact) mass is 261 g/mol. The Balaban J connectivity index is 5.81. The number of nitrogens with zero attached hydrogens (tertiary/aromatic N) is 1. The number of alkyl halides is 3. The molecule has 0 fully saturated rings. The van der Waals surface area contributed by atoms with Gasteiger partial charge in [-0.1, -0.05) is 13.8 Å². The summed E-state index contributed by atoms with van der Waals surface area (Å²) < 4.78 is 49.2. The SMILES string of the molecule is CCC(CC)(C(=NC)C(F)(F)F)P(=O)(O)O. The molecule has 0 spiro atoms. The fourth-order valence-corrected chi connectivity index (χ4v) is 3.06. The van der Waals surface area contributed by atoms with Crippen LogP contribution >= 0.6 is 7.60 Å². The molecule has 4 nitrogen and oxygen atoms in total. The average Bonchev–Trinajstić information content (AvgIpc) is 2.09. The molecule has 0 saturated carbocycles. The molecule has 0 bridgehead atoms. The molecule has 96 valence electrons. The zero-order valence-electron chi connectivity index (χ0n) is 9.25. The van der Waals surface area contributed by atoms with Crippen LogP contribution in [0.3, 0.4) is 0 Å². The highest BCUT2D eigenvalue weighted by Crippen LogP contribution is 2.57. The van der Waals surface area contributed by atoms with Crippen LogP contribution in [0.1, 0.15) is 26.7 Å². The van der Waals surface area contributed by atoms with Gasteiger partial charge in [0.05, 0.1) is 0 Å². The van der Waals surface area contributed by atoms with Crippen LogP contribution in [-0.4, -0.2) is 33.9 Å². The van der Waals surface area contributed by atoms with Gasteiger partial charge in [-0.15, -0.1) is 0 Å². The van der Waals surface area contributed by atoms with Gasteiger partial charge >= 0.3 is 13.8 Å². The molecular weight excluding hydrogens is 246 g/mol. The van der Waals surface area contributed by atoms with Crippen molar-refractivity contribution in [1.29, 1.82) is 0 Å². The summed E-state index contributed by atoms with van der Waals surface area (Å²) >= 11 is 0. The Hall–Kier alpha value is -0.390. The van der Waals surface area contributed by atoms with Crippen molar-refractivity contribution >= 4 is 13.3 Å². The van der Waals surface area contributed by atoms with E-state index in [1.807, 2.05) is 0 Å². The molecule has 0 amide bonds. The Kier molecular flexibility index (Phi) is 4.74. The second-order valence-electron chi connectivity index (χ2n) is 3.35. The third-order valence-corrected chi connectivity index (χ3v) is 4.62. The van der Waals surface area contributed by atoms with Gasteiger partial charge in [0.15, 0.2) is 0 Å². The van der Waals surface area contributed by atoms with Gasteiger partial charge < -0.3 is 9.79 Å². The first-order chi connectivity index (χ1) is 7.06. The molecule has 0 rings (SSSR count). The third-order valence-electron chi connectivity index (χ3n) is 2.66. The van der Waals surface area contributed by atoms with Gasteiger partial charge in [0, 0.05) is 7.05 Å². The second kappa shape index (κ2) is 4.85. The molecule has 2 N–H and O–H groups in total. The lowest BCUT2D eigenvalue weighted by Gasteiger charge is -2.34. The van der Waals surface area contributed by atoms with Crippen LogP contribution in [0.25, 0.3) is 0 Å². The molecule has 0 radical (unpaired) electrons. The van der Waals surface area contributed by atoms with Crippen molar-refractivity contribution in [2.75, 3.05) is 7.05 Å². The first kappa shape index (κ1) is 15.6. The lowest BCUT2D eigenvalue weighted by Crippen LogP contribution is -2.46. The molecule has 0 aliphatic rings. The molecule has 0 heterocycles. The number of halogens is 3. The van der Waals surface area contributed by atoms with Gasteiger partial charge in [-0.3, -0.25) is 9.56 Å². The van der Waals surface area contributed by atoms with Gasteiger partial charge in [0.1, 0.15) is 10.9 Å². The Labute approximate surface area is 91.7 Å². The molecule has 0 saturated heterocycles. The molecule has 16 heavy (non-hydrogen) atoms. The van der Waals surface area contributed by atoms with Crippen LogP contribution < -0.4 is 0 Å². The van der Waals surface area contributed by atoms with Crippen molar-refractivity contribution in [2.45, 2.75) is 38.0 Å². The number of hydrogen-bond acceptors (Lipinski definition) is 2. The summed E-state index contributed by atoms with van der Waals surface area (Å²) in [5, 5.41) is -2.24. The largest absolute Gasteiger partial charge is 0.430 e. The first-order valence-corrected chi connectivity index (χ1v) is 6.28. The van der Waals surface area contributed by atoms with Crippen molar-refractivity contribution in [2.24, 2.45) is 4.99 Å². The van der Waals surface area contributed by atoms with Crippen LogP contribution in [0.5, 0.6) is 0 Å². The van der Waals surface area contributed by atoms with Crippen molar-refractivity contribution in [1.82, 2.24) is 0 Å². The predicted octanol–water partition coefficient (Wildman–Crippen LogP) is 2.36. The Bertz CT molecular complexity index is 317. The van der Waals surface area contributed by atoms with Crippen molar-refractivity contribution in [3.05, 3.63) is 0 Å². The van der Waals surface area contributed by atoms with E-state index >= 15 is 0 Å². The Morgan fingerprint density at radius 1 is 1.25 bits per heavy atom. The van der Waals surface area contributed by atoms with Crippen LogP contribution in [0.15, 0.2) is 4.99 Å². The summed E-state index contributed by atoms with van der Waals surface area (Å²) in [6, 6.07) is 0. The smallest absolute Gasteiger partial charge is 0.324 e. The highest BCUT2D eigenvalue weighted by Gasteiger charge is 2.57. The zero-order chi connectivity index (χ0) is 13.2. The quantitative estimate of drug-likeness (QED) is 0.602. The fraction of sp³-hybridized carbons (Fsp3) is 0.875. The fourth-order valence-electron chi connectivity index (χ4n) is 1.73. The highest BCUT2D eigenvalue weighted by molar-refractivity contribution is 7.55. The molecule has 0 aliphatic heterocycles. The van der Waals surface area contributed by atoms with E-state index in [4.69, 9.17) is 9.79 Å². The van der Waals surface area contributed by atoms with E-state index in [0.717, 1.165) is 7.05 Å². The predicted molar refractivity (Wildman–Crippen MR) is 54.8 cm³/mol. The van der Waals surface area contributed by atoms with Crippen molar-refractivity contribution in [3.63, 3.8) is 0 Å². The Morgan fingerprint density at radius 2 is 1.62 bits per heavy atom. The van der Waals surface area contributed by atoms with Gasteiger partial charge in [-0.05, 0) is 12.8 Å². The summed E-state index contributed by atoms with van der Waals surface area (Å²) in [4.78, 5) is 21.3. The minimum atomic E-state index is -4.93. The third kappa shape index (κ3) is 2.64. The molecule has 0 atom stereocenters. The summed E-state index contributed by atoms with van der Waals surface area (Å²) in [5.41, 5.74) is -1.39. The van der Waals surface area contributed by atoms with E-state index in [1.165, 1.54) is 13.8 Å². The number of aliphatic imine (C=N–C) groups is 1.